The Morgan fingerprint density at radius 1 is 0.735 bits per heavy atom. The molecule has 0 fully saturated rings. The summed E-state index contributed by atoms with van der Waals surface area (Å²) in [5.41, 5.74) is 12.5. The molecule has 0 spiro atoms. The maximum atomic E-state index is 4.81. The van der Waals surface area contributed by atoms with Crippen LogP contribution in [0.1, 0.15) is 52.8 Å². The third kappa shape index (κ3) is 5.93. The largest absolute Gasteiger partial charge is 0.347 e. The number of rotatable bonds is 8. The fraction of sp³-hybridized carbons (Fsp3) is 0.208. The summed E-state index contributed by atoms with van der Waals surface area (Å²) in [6.45, 7) is 16.2. The molecule has 1 aliphatic heterocycles. The molecule has 0 amide bonds. The lowest BCUT2D eigenvalue weighted by atomic mass is 9.69. The maximum absolute atomic E-state index is 4.81. The third-order valence-corrected chi connectivity index (χ3v) is 11.0. The minimum Gasteiger partial charge on any atom is -0.347 e. The predicted octanol–water partition coefficient (Wildman–Crippen LogP) is 12.1. The van der Waals surface area contributed by atoms with E-state index in [9.17, 15) is 0 Å². The van der Waals surface area contributed by atoms with Gasteiger partial charge in [-0.2, -0.15) is 0 Å². The highest BCUT2D eigenvalue weighted by Gasteiger charge is 2.42. The molecule has 244 valence electrons. The van der Waals surface area contributed by atoms with Crippen molar-refractivity contribution in [2.24, 2.45) is 0 Å². The summed E-state index contributed by atoms with van der Waals surface area (Å²) in [6.07, 6.45) is 8.65. The lowest BCUT2D eigenvalue weighted by Crippen LogP contribution is -2.29. The van der Waals surface area contributed by atoms with Crippen molar-refractivity contribution in [2.45, 2.75) is 58.3 Å². The van der Waals surface area contributed by atoms with Crippen molar-refractivity contribution < 1.29 is 0 Å². The van der Waals surface area contributed by atoms with Crippen molar-refractivity contribution in [2.75, 3.05) is 11.9 Å². The lowest BCUT2D eigenvalue weighted by Gasteiger charge is -2.34. The van der Waals surface area contributed by atoms with Crippen molar-refractivity contribution in [1.82, 2.24) is 0 Å². The van der Waals surface area contributed by atoms with Gasteiger partial charge in [0.1, 0.15) is 0 Å². The van der Waals surface area contributed by atoms with E-state index >= 15 is 0 Å². The van der Waals surface area contributed by atoms with Gasteiger partial charge < -0.3 is 4.90 Å². The zero-order valence-electron chi connectivity index (χ0n) is 29.8. The van der Waals surface area contributed by atoms with E-state index in [2.05, 4.69) is 186 Å². The smallest absolute Gasteiger partial charge is 0.0454 e. The lowest BCUT2D eigenvalue weighted by molar-refractivity contribution is 0.566. The molecule has 0 saturated heterocycles. The van der Waals surface area contributed by atoms with Crippen LogP contribution in [0.5, 0.6) is 0 Å². The molecule has 2 atom stereocenters. The molecule has 0 radical (unpaired) electrons. The summed E-state index contributed by atoms with van der Waals surface area (Å²) in [4.78, 5) is 2.41. The molecule has 6 aromatic rings. The number of nitrogens with zero attached hydrogens (tertiary/aromatic N) is 1. The first-order valence-corrected chi connectivity index (χ1v) is 17.5. The van der Waals surface area contributed by atoms with Crippen molar-refractivity contribution in [1.29, 1.82) is 0 Å². The Bertz CT molecular complexity index is 2280. The van der Waals surface area contributed by atoms with Gasteiger partial charge in [0.05, 0.1) is 0 Å². The fourth-order valence-corrected chi connectivity index (χ4v) is 8.44. The summed E-state index contributed by atoms with van der Waals surface area (Å²) in [6, 6.07) is 44.7. The molecule has 0 bridgehead atoms. The molecule has 1 nitrogen and oxygen atoms in total. The van der Waals surface area contributed by atoms with Gasteiger partial charge in [0.15, 0.2) is 0 Å². The molecular weight excluding hydrogens is 591 g/mol. The SMILES string of the molecule is C=C(/C=C/C=C1/N(C)c2cc3ccccc3cc2C1(C)Cc1cccc(C)c1)C(C)(Cc1cccc(C)c1)c1c(C)ccc2ccccc12. The van der Waals surface area contributed by atoms with Gasteiger partial charge in [-0.25, -0.2) is 0 Å². The average molecular weight is 638 g/mol. The quantitative estimate of drug-likeness (QED) is 0.150. The van der Waals surface area contributed by atoms with Crippen LogP contribution in [-0.4, -0.2) is 7.05 Å². The van der Waals surface area contributed by atoms with Gasteiger partial charge in [0.2, 0.25) is 0 Å². The Morgan fingerprint density at radius 2 is 1.37 bits per heavy atom. The molecular formula is C48H47N. The second-order valence-corrected chi connectivity index (χ2v) is 14.7. The summed E-state index contributed by atoms with van der Waals surface area (Å²) < 4.78 is 0. The van der Waals surface area contributed by atoms with Crippen molar-refractivity contribution in [3.63, 3.8) is 0 Å². The first-order chi connectivity index (χ1) is 23.6. The monoisotopic (exact) mass is 637 g/mol. The van der Waals surface area contributed by atoms with E-state index in [-0.39, 0.29) is 10.8 Å². The van der Waals surface area contributed by atoms with Gasteiger partial charge in [-0.1, -0.05) is 146 Å². The average Bonchev–Trinajstić information content (AvgIpc) is 3.27. The molecule has 0 aliphatic carbocycles. The Labute approximate surface area is 292 Å². The number of allylic oxidation sites excluding steroid dienone is 5. The van der Waals surface area contributed by atoms with Crippen LogP contribution in [0.15, 0.2) is 157 Å². The molecule has 1 aliphatic rings. The number of anilines is 1. The molecule has 0 aromatic heterocycles. The van der Waals surface area contributed by atoms with Crippen LogP contribution in [0, 0.1) is 20.8 Å². The number of hydrogen-bond acceptors (Lipinski definition) is 1. The molecule has 1 heteroatoms. The van der Waals surface area contributed by atoms with E-state index in [0.29, 0.717) is 0 Å². The van der Waals surface area contributed by atoms with E-state index < -0.39 is 0 Å². The van der Waals surface area contributed by atoms with Gasteiger partial charge in [0, 0.05) is 29.3 Å². The number of aryl methyl sites for hydroxylation is 3. The molecule has 7 rings (SSSR count). The van der Waals surface area contributed by atoms with Crippen LogP contribution >= 0.6 is 0 Å². The second kappa shape index (κ2) is 12.7. The summed E-state index contributed by atoms with van der Waals surface area (Å²) >= 11 is 0. The predicted molar refractivity (Wildman–Crippen MR) is 212 cm³/mol. The number of fused-ring (bicyclic) bond motifs is 3. The van der Waals surface area contributed by atoms with Crippen LogP contribution in [0.3, 0.4) is 0 Å². The van der Waals surface area contributed by atoms with Crippen molar-refractivity contribution in [3.05, 3.63) is 196 Å². The highest BCUT2D eigenvalue weighted by molar-refractivity contribution is 5.91. The molecule has 6 aromatic carbocycles. The van der Waals surface area contributed by atoms with Gasteiger partial charge in [-0.3, -0.25) is 0 Å². The zero-order chi connectivity index (χ0) is 34.3. The number of likely N-dealkylation sites (N-methyl/N-ethyl adjacent to an activating group) is 1. The highest BCUT2D eigenvalue weighted by Crippen LogP contribution is 2.50. The van der Waals surface area contributed by atoms with Gasteiger partial charge in [-0.05, 0) is 114 Å². The van der Waals surface area contributed by atoms with E-state index in [4.69, 9.17) is 6.58 Å². The first kappa shape index (κ1) is 32.4. The summed E-state index contributed by atoms with van der Waals surface area (Å²) in [5, 5.41) is 5.12. The highest BCUT2D eigenvalue weighted by atomic mass is 15.2. The van der Waals surface area contributed by atoms with Gasteiger partial charge in [-0.15, -0.1) is 0 Å². The van der Waals surface area contributed by atoms with Gasteiger partial charge >= 0.3 is 0 Å². The molecule has 2 unspecified atom stereocenters. The number of hydrogen-bond donors (Lipinski definition) is 0. The van der Waals surface area contributed by atoms with Crippen molar-refractivity contribution >= 4 is 27.2 Å². The first-order valence-electron chi connectivity index (χ1n) is 17.5. The van der Waals surface area contributed by atoms with Gasteiger partial charge in [0.25, 0.3) is 0 Å². The van der Waals surface area contributed by atoms with Crippen molar-refractivity contribution in [3.8, 4) is 0 Å². The van der Waals surface area contributed by atoms with Crippen LogP contribution < -0.4 is 4.90 Å². The normalized spacial score (nSPS) is 18.0. The summed E-state index contributed by atoms with van der Waals surface area (Å²) in [5.74, 6) is 0. The maximum Gasteiger partial charge on any atom is 0.0454 e. The topological polar surface area (TPSA) is 3.24 Å². The number of benzene rings is 6. The third-order valence-electron chi connectivity index (χ3n) is 11.0. The fourth-order valence-electron chi connectivity index (χ4n) is 8.44. The molecule has 0 N–H and O–H groups in total. The second-order valence-electron chi connectivity index (χ2n) is 14.7. The molecule has 0 saturated carbocycles. The molecule has 1 heterocycles. The van der Waals surface area contributed by atoms with E-state index in [1.54, 1.807) is 0 Å². The minimum absolute atomic E-state index is 0.204. The Kier molecular flexibility index (Phi) is 8.41. The van der Waals surface area contributed by atoms with Crippen LogP contribution in [0.2, 0.25) is 0 Å². The van der Waals surface area contributed by atoms with E-state index in [1.165, 1.54) is 71.9 Å². The van der Waals surface area contributed by atoms with Crippen LogP contribution in [-0.2, 0) is 23.7 Å². The van der Waals surface area contributed by atoms with Crippen LogP contribution in [0.4, 0.5) is 5.69 Å². The standard InChI is InChI=1S/C48H47N/c1-33-15-12-18-37(27-33)31-47(5,46-35(3)25-26-39-20-10-11-23-42(39)46)36(4)17-14-24-45-48(6,32-38-19-13-16-34(2)28-38)43-29-40-21-8-9-22-41(40)30-44(43)49(45)7/h8-30H,4,31-32H2,1-3,5-7H3/b17-14+,45-24+. The minimum atomic E-state index is -0.319. The molecule has 49 heavy (non-hydrogen) atoms. The Balaban J connectivity index is 1.33. The zero-order valence-corrected chi connectivity index (χ0v) is 29.8. The van der Waals surface area contributed by atoms with Crippen LogP contribution in [0.25, 0.3) is 21.5 Å². The van der Waals surface area contributed by atoms with E-state index in [0.717, 1.165) is 18.4 Å². The van der Waals surface area contributed by atoms with E-state index in [1.807, 2.05) is 0 Å². The Morgan fingerprint density at radius 3 is 2.08 bits per heavy atom. The summed E-state index contributed by atoms with van der Waals surface area (Å²) in [7, 11) is 2.23. The Hall–Kier alpha value is -5.14.